The van der Waals surface area contributed by atoms with Crippen molar-refractivity contribution >= 4 is 28.2 Å². The zero-order chi connectivity index (χ0) is 20.6. The van der Waals surface area contributed by atoms with E-state index in [2.05, 4.69) is 34.4 Å². The van der Waals surface area contributed by atoms with Crippen LogP contribution < -0.4 is 15.4 Å². The Balaban J connectivity index is 1.77. The van der Waals surface area contributed by atoms with Crippen LogP contribution in [0.2, 0.25) is 0 Å². The first-order chi connectivity index (χ1) is 13.9. The molecule has 1 atom stereocenters. The Morgan fingerprint density at radius 2 is 1.97 bits per heavy atom. The maximum atomic E-state index is 13.2. The van der Waals surface area contributed by atoms with Crippen molar-refractivity contribution in [2.24, 2.45) is 5.41 Å². The predicted molar refractivity (Wildman–Crippen MR) is 116 cm³/mol. The summed E-state index contributed by atoms with van der Waals surface area (Å²) in [5.41, 5.74) is 1.12. The first-order valence-corrected chi connectivity index (χ1v) is 10.5. The molecule has 0 fully saturated rings. The van der Waals surface area contributed by atoms with Crippen molar-refractivity contribution in [3.63, 3.8) is 0 Å². The van der Waals surface area contributed by atoms with E-state index in [9.17, 15) is 4.79 Å². The fraction of sp³-hybridized carbons (Fsp3) is 0.318. The molecule has 1 unspecified atom stereocenters. The number of para-hydroxylation sites is 1. The van der Waals surface area contributed by atoms with Crippen LogP contribution in [0.4, 0.5) is 10.9 Å². The number of fused-ring (bicyclic) bond motifs is 2. The van der Waals surface area contributed by atoms with E-state index in [1.807, 2.05) is 55.6 Å². The topological polar surface area (TPSA) is 76.1 Å². The van der Waals surface area contributed by atoms with Gasteiger partial charge in [0.05, 0.1) is 5.41 Å². The van der Waals surface area contributed by atoms with E-state index < -0.39 is 5.41 Å². The lowest BCUT2D eigenvalue weighted by Gasteiger charge is -2.37. The number of ether oxygens (including phenoxy) is 1. The number of pyridine rings is 1. The summed E-state index contributed by atoms with van der Waals surface area (Å²) in [7, 11) is 0. The van der Waals surface area contributed by atoms with Gasteiger partial charge in [-0.1, -0.05) is 32.0 Å². The summed E-state index contributed by atoms with van der Waals surface area (Å²) in [4.78, 5) is 22.1. The molecule has 1 aromatic carbocycles. The van der Waals surface area contributed by atoms with Gasteiger partial charge in [0.1, 0.15) is 11.6 Å². The lowest BCUT2D eigenvalue weighted by molar-refractivity contribution is -0.124. The van der Waals surface area contributed by atoms with Crippen LogP contribution in [0.1, 0.15) is 44.7 Å². The second-order valence-electron chi connectivity index (χ2n) is 7.98. The van der Waals surface area contributed by atoms with Gasteiger partial charge in [-0.25, -0.2) is 4.98 Å². The van der Waals surface area contributed by atoms with Crippen LogP contribution in [0.5, 0.6) is 11.6 Å². The van der Waals surface area contributed by atoms with Crippen molar-refractivity contribution in [2.45, 2.75) is 39.7 Å². The number of hydrogen-bond acceptors (Lipinski definition) is 6. The lowest BCUT2D eigenvalue weighted by atomic mass is 9.70. The lowest BCUT2D eigenvalue weighted by Crippen LogP contribution is -2.38. The summed E-state index contributed by atoms with van der Waals surface area (Å²) in [6, 6.07) is 12.0. The summed E-state index contributed by atoms with van der Waals surface area (Å²) >= 11 is 1.40. The highest BCUT2D eigenvalue weighted by molar-refractivity contribution is 7.13. The molecule has 3 heterocycles. The number of thiazole rings is 1. The number of aromatic nitrogens is 2. The average Bonchev–Trinajstić information content (AvgIpc) is 3.18. The highest BCUT2D eigenvalue weighted by atomic mass is 32.1. The SMILES string of the molecule is CC(C)Nc1ccc2c(n1)Oc1ccccc1C2C(C)(C)C(=O)Nc1nccs1. The van der Waals surface area contributed by atoms with E-state index in [1.165, 1.54) is 11.3 Å². The maximum Gasteiger partial charge on any atom is 0.232 e. The van der Waals surface area contributed by atoms with Crippen LogP contribution in [0.15, 0.2) is 48.0 Å². The smallest absolute Gasteiger partial charge is 0.232 e. The van der Waals surface area contributed by atoms with Crippen LogP contribution in [0.25, 0.3) is 0 Å². The monoisotopic (exact) mass is 408 g/mol. The Morgan fingerprint density at radius 3 is 2.69 bits per heavy atom. The molecule has 0 radical (unpaired) electrons. The Morgan fingerprint density at radius 1 is 1.17 bits per heavy atom. The normalized spacial score (nSPS) is 15.3. The van der Waals surface area contributed by atoms with Crippen molar-refractivity contribution in [1.29, 1.82) is 0 Å². The van der Waals surface area contributed by atoms with Gasteiger partial charge in [0, 0.05) is 34.7 Å². The van der Waals surface area contributed by atoms with Crippen molar-refractivity contribution in [3.8, 4) is 11.6 Å². The number of anilines is 2. The summed E-state index contributed by atoms with van der Waals surface area (Å²) < 4.78 is 6.12. The molecule has 1 aliphatic rings. The number of nitrogens with one attached hydrogen (secondary N) is 2. The van der Waals surface area contributed by atoms with E-state index in [0.717, 1.165) is 22.7 Å². The molecule has 6 nitrogen and oxygen atoms in total. The Kier molecular flexibility index (Phi) is 5.00. The molecule has 0 saturated carbocycles. The molecule has 0 bridgehead atoms. The molecule has 2 aromatic heterocycles. The molecule has 7 heteroatoms. The highest BCUT2D eigenvalue weighted by Crippen LogP contribution is 2.51. The molecular weight excluding hydrogens is 384 g/mol. The van der Waals surface area contributed by atoms with Crippen LogP contribution in [-0.2, 0) is 4.79 Å². The number of carbonyl (C=O) groups is 1. The summed E-state index contributed by atoms with van der Waals surface area (Å²) in [6.07, 6.45) is 1.68. The quantitative estimate of drug-likeness (QED) is 0.602. The van der Waals surface area contributed by atoms with Gasteiger partial charge in [0.2, 0.25) is 11.8 Å². The minimum absolute atomic E-state index is 0.0931. The van der Waals surface area contributed by atoms with Crippen LogP contribution >= 0.6 is 11.3 Å². The summed E-state index contributed by atoms with van der Waals surface area (Å²) in [6.45, 7) is 8.03. The van der Waals surface area contributed by atoms with Gasteiger partial charge in [-0.05, 0) is 32.0 Å². The Hall–Kier alpha value is -2.93. The molecule has 4 rings (SSSR count). The molecule has 1 amide bonds. The molecule has 29 heavy (non-hydrogen) atoms. The van der Waals surface area contributed by atoms with E-state index >= 15 is 0 Å². The third-order valence-corrected chi connectivity index (χ3v) is 5.72. The first-order valence-electron chi connectivity index (χ1n) is 9.61. The van der Waals surface area contributed by atoms with Gasteiger partial charge in [-0.2, -0.15) is 4.98 Å². The second-order valence-corrected chi connectivity index (χ2v) is 8.87. The molecule has 0 aliphatic carbocycles. The Labute approximate surface area is 174 Å². The molecule has 2 N–H and O–H groups in total. The predicted octanol–water partition coefficient (Wildman–Crippen LogP) is 5.26. The summed E-state index contributed by atoms with van der Waals surface area (Å²) in [5, 5.41) is 8.70. The zero-order valence-electron chi connectivity index (χ0n) is 16.9. The Bertz CT molecular complexity index is 1030. The molecule has 150 valence electrons. The second kappa shape index (κ2) is 7.48. The minimum Gasteiger partial charge on any atom is -0.438 e. The molecular formula is C22H24N4O2S. The van der Waals surface area contributed by atoms with Gasteiger partial charge in [-0.3, -0.25) is 4.79 Å². The van der Waals surface area contributed by atoms with Gasteiger partial charge in [0.25, 0.3) is 0 Å². The van der Waals surface area contributed by atoms with E-state index in [-0.39, 0.29) is 17.9 Å². The molecule has 0 saturated heterocycles. The number of rotatable bonds is 5. The van der Waals surface area contributed by atoms with Gasteiger partial charge >= 0.3 is 0 Å². The fourth-order valence-electron chi connectivity index (χ4n) is 3.66. The number of carbonyl (C=O) groups excluding carboxylic acids is 1. The average molecular weight is 409 g/mol. The van der Waals surface area contributed by atoms with Crippen molar-refractivity contribution < 1.29 is 9.53 Å². The van der Waals surface area contributed by atoms with Gasteiger partial charge < -0.3 is 15.4 Å². The van der Waals surface area contributed by atoms with Crippen molar-refractivity contribution in [2.75, 3.05) is 10.6 Å². The number of nitrogens with zero attached hydrogens (tertiary/aromatic N) is 2. The van der Waals surface area contributed by atoms with Crippen molar-refractivity contribution in [3.05, 3.63) is 59.1 Å². The molecule has 0 spiro atoms. The largest absolute Gasteiger partial charge is 0.438 e. The number of amides is 1. The van der Waals surface area contributed by atoms with Crippen LogP contribution in [0, 0.1) is 5.41 Å². The minimum atomic E-state index is -0.755. The first kappa shape index (κ1) is 19.4. The molecule has 1 aliphatic heterocycles. The standard InChI is InChI=1S/C22H24N4O2S/c1-13(2)24-17-10-9-15-18(14-7-5-6-8-16(14)28-19(15)25-17)22(3,4)20(27)26-21-23-11-12-29-21/h5-13,18H,1-4H3,(H,24,25)(H,23,26,27). The van der Waals surface area contributed by atoms with Gasteiger partial charge in [-0.15, -0.1) is 11.3 Å². The zero-order valence-corrected chi connectivity index (χ0v) is 17.7. The highest BCUT2D eigenvalue weighted by Gasteiger charge is 2.44. The van der Waals surface area contributed by atoms with Gasteiger partial charge in [0.15, 0.2) is 5.13 Å². The molecule has 3 aromatic rings. The van der Waals surface area contributed by atoms with Crippen molar-refractivity contribution in [1.82, 2.24) is 9.97 Å². The summed E-state index contributed by atoms with van der Waals surface area (Å²) in [5.74, 6) is 1.72. The van der Waals surface area contributed by atoms with E-state index in [4.69, 9.17) is 4.74 Å². The van der Waals surface area contributed by atoms with E-state index in [0.29, 0.717) is 11.0 Å². The third-order valence-electron chi connectivity index (χ3n) is 5.03. The van der Waals surface area contributed by atoms with Crippen LogP contribution in [-0.4, -0.2) is 21.9 Å². The number of benzene rings is 1. The van der Waals surface area contributed by atoms with Crippen LogP contribution in [0.3, 0.4) is 0 Å². The third kappa shape index (κ3) is 3.70. The van der Waals surface area contributed by atoms with E-state index in [1.54, 1.807) is 6.20 Å². The fourth-order valence-corrected chi connectivity index (χ4v) is 4.19. The maximum absolute atomic E-state index is 13.2. The number of hydrogen-bond donors (Lipinski definition) is 2.